The van der Waals surface area contributed by atoms with Gasteiger partial charge in [0.1, 0.15) is 5.69 Å². The number of fused-ring (bicyclic) bond motifs is 1. The number of carbonyl (C=O) groups excluding carboxylic acids is 2. The summed E-state index contributed by atoms with van der Waals surface area (Å²) in [5.74, 6) is 0.870. The predicted octanol–water partition coefficient (Wildman–Crippen LogP) is 1.13. The van der Waals surface area contributed by atoms with Crippen molar-refractivity contribution in [2.75, 3.05) is 19.6 Å². The van der Waals surface area contributed by atoms with Crippen molar-refractivity contribution in [1.82, 2.24) is 20.0 Å². The molecule has 0 bridgehead atoms. The van der Waals surface area contributed by atoms with Crippen molar-refractivity contribution in [2.24, 2.45) is 11.8 Å². The number of hydrogen-bond acceptors (Lipinski definition) is 3. The first-order valence-corrected chi connectivity index (χ1v) is 7.70. The molecule has 3 rings (SSSR count). The summed E-state index contributed by atoms with van der Waals surface area (Å²) in [6.45, 7) is 6.90. The first-order chi connectivity index (χ1) is 10.0. The lowest BCUT2D eigenvalue weighted by molar-refractivity contribution is 0.0688. The van der Waals surface area contributed by atoms with Gasteiger partial charge in [0.15, 0.2) is 5.69 Å². The summed E-state index contributed by atoms with van der Waals surface area (Å²) < 4.78 is 1.66. The zero-order valence-corrected chi connectivity index (χ0v) is 12.6. The highest BCUT2D eigenvalue weighted by molar-refractivity contribution is 5.98. The molecule has 2 aliphatic rings. The van der Waals surface area contributed by atoms with E-state index in [1.165, 1.54) is 12.8 Å². The van der Waals surface area contributed by atoms with Crippen LogP contribution < -0.4 is 5.32 Å². The quantitative estimate of drug-likeness (QED) is 0.884. The van der Waals surface area contributed by atoms with Crippen LogP contribution in [0, 0.1) is 11.8 Å². The van der Waals surface area contributed by atoms with Crippen molar-refractivity contribution in [2.45, 2.75) is 33.2 Å². The van der Waals surface area contributed by atoms with Crippen LogP contribution in [0.2, 0.25) is 0 Å². The van der Waals surface area contributed by atoms with E-state index in [2.05, 4.69) is 10.4 Å². The summed E-state index contributed by atoms with van der Waals surface area (Å²) in [6.07, 6.45) is 2.46. The van der Waals surface area contributed by atoms with Crippen LogP contribution in [0.3, 0.4) is 0 Å². The van der Waals surface area contributed by atoms with Crippen LogP contribution in [0.25, 0.3) is 0 Å². The van der Waals surface area contributed by atoms with E-state index in [4.69, 9.17) is 0 Å². The minimum Gasteiger partial charge on any atom is -0.350 e. The Bertz CT molecular complexity index is 560. The molecule has 6 nitrogen and oxygen atoms in total. The summed E-state index contributed by atoms with van der Waals surface area (Å²) >= 11 is 0. The minimum atomic E-state index is -0.202. The molecule has 0 radical (unpaired) electrons. The predicted molar refractivity (Wildman–Crippen MR) is 78.0 cm³/mol. The molecule has 1 aliphatic carbocycles. The Hall–Kier alpha value is -1.85. The maximum atomic E-state index is 12.4. The average molecular weight is 290 g/mol. The van der Waals surface area contributed by atoms with Gasteiger partial charge >= 0.3 is 0 Å². The third-order valence-electron chi connectivity index (χ3n) is 3.95. The fourth-order valence-corrected chi connectivity index (χ4v) is 2.52. The summed E-state index contributed by atoms with van der Waals surface area (Å²) in [4.78, 5) is 26.3. The van der Waals surface area contributed by atoms with Crippen molar-refractivity contribution in [1.29, 1.82) is 0 Å². The van der Waals surface area contributed by atoms with Crippen LogP contribution in [0.15, 0.2) is 6.07 Å². The molecule has 0 aromatic carbocycles. The second kappa shape index (κ2) is 5.50. The lowest BCUT2D eigenvalue weighted by atomic mass is 10.2. The monoisotopic (exact) mass is 290 g/mol. The van der Waals surface area contributed by atoms with Crippen LogP contribution in [-0.4, -0.2) is 46.1 Å². The Morgan fingerprint density at radius 3 is 2.86 bits per heavy atom. The van der Waals surface area contributed by atoms with Crippen molar-refractivity contribution in [3.8, 4) is 0 Å². The number of hydrogen-bond donors (Lipinski definition) is 1. The van der Waals surface area contributed by atoms with E-state index in [9.17, 15) is 9.59 Å². The normalized spacial score (nSPS) is 18.0. The molecular formula is C15H22N4O2. The number of rotatable bonds is 5. The van der Waals surface area contributed by atoms with Crippen LogP contribution in [0.5, 0.6) is 0 Å². The molecule has 1 aliphatic heterocycles. The molecule has 1 aromatic rings. The van der Waals surface area contributed by atoms with E-state index in [0.29, 0.717) is 42.9 Å². The van der Waals surface area contributed by atoms with Crippen LogP contribution in [0.4, 0.5) is 0 Å². The van der Waals surface area contributed by atoms with Gasteiger partial charge in [-0.3, -0.25) is 14.3 Å². The zero-order valence-electron chi connectivity index (χ0n) is 12.6. The highest BCUT2D eigenvalue weighted by Crippen LogP contribution is 2.30. The van der Waals surface area contributed by atoms with Gasteiger partial charge in [0.05, 0.1) is 6.54 Å². The van der Waals surface area contributed by atoms with Gasteiger partial charge in [-0.2, -0.15) is 5.10 Å². The Balaban J connectivity index is 1.70. The Labute approximate surface area is 124 Å². The molecular weight excluding hydrogens is 268 g/mol. The highest BCUT2D eigenvalue weighted by atomic mass is 16.2. The van der Waals surface area contributed by atoms with E-state index in [-0.39, 0.29) is 11.8 Å². The summed E-state index contributed by atoms with van der Waals surface area (Å²) in [5.41, 5.74) is 0.879. The molecule has 1 N–H and O–H groups in total. The number of carbonyl (C=O) groups is 2. The first-order valence-electron chi connectivity index (χ1n) is 7.70. The molecule has 0 unspecified atom stereocenters. The van der Waals surface area contributed by atoms with Crippen LogP contribution >= 0.6 is 0 Å². The van der Waals surface area contributed by atoms with Gasteiger partial charge in [0, 0.05) is 25.7 Å². The molecule has 1 aromatic heterocycles. The molecule has 0 spiro atoms. The molecule has 0 atom stereocenters. The van der Waals surface area contributed by atoms with Gasteiger partial charge in [-0.15, -0.1) is 0 Å². The Morgan fingerprint density at radius 2 is 2.19 bits per heavy atom. The topological polar surface area (TPSA) is 67.2 Å². The summed E-state index contributed by atoms with van der Waals surface area (Å²) in [7, 11) is 0. The largest absolute Gasteiger partial charge is 0.350 e. The molecule has 114 valence electrons. The maximum absolute atomic E-state index is 12.4. The number of amides is 2. The molecule has 2 heterocycles. The molecule has 1 fully saturated rings. The average Bonchev–Trinajstić information content (AvgIpc) is 3.15. The second-order valence-corrected chi connectivity index (χ2v) is 6.44. The first kappa shape index (κ1) is 14.1. The van der Waals surface area contributed by atoms with E-state index < -0.39 is 0 Å². The lowest BCUT2D eigenvalue weighted by Gasteiger charge is -2.27. The van der Waals surface area contributed by atoms with Gasteiger partial charge in [0.2, 0.25) is 0 Å². The molecule has 1 saturated carbocycles. The van der Waals surface area contributed by atoms with Crippen LogP contribution in [-0.2, 0) is 6.54 Å². The summed E-state index contributed by atoms with van der Waals surface area (Å²) in [6, 6.07) is 1.62. The molecule has 6 heteroatoms. The van der Waals surface area contributed by atoms with E-state index in [1.54, 1.807) is 10.7 Å². The molecule has 2 amide bonds. The lowest BCUT2D eigenvalue weighted by Crippen LogP contribution is -2.41. The molecule has 0 saturated heterocycles. The fourth-order valence-electron chi connectivity index (χ4n) is 2.52. The fraction of sp³-hybridized carbons (Fsp3) is 0.667. The SMILES string of the molecule is CC(C)CNC(=O)c1cc2n(n1)CCN(CC1CC1)C2=O. The van der Waals surface area contributed by atoms with Crippen molar-refractivity contribution in [3.63, 3.8) is 0 Å². The van der Waals surface area contributed by atoms with Gasteiger partial charge in [0.25, 0.3) is 11.8 Å². The third-order valence-corrected chi connectivity index (χ3v) is 3.95. The van der Waals surface area contributed by atoms with Gasteiger partial charge < -0.3 is 10.2 Å². The van der Waals surface area contributed by atoms with E-state index in [1.807, 2.05) is 18.7 Å². The van der Waals surface area contributed by atoms with E-state index in [0.717, 1.165) is 6.54 Å². The smallest absolute Gasteiger partial charge is 0.272 e. The standard InChI is InChI=1S/C15H22N4O2/c1-10(2)8-16-14(20)12-7-13-15(21)18(9-11-3-4-11)5-6-19(13)17-12/h7,10-11H,3-6,8-9H2,1-2H3,(H,16,20). The zero-order chi connectivity index (χ0) is 15.0. The summed E-state index contributed by atoms with van der Waals surface area (Å²) in [5, 5.41) is 7.10. The number of nitrogens with one attached hydrogen (secondary N) is 1. The van der Waals surface area contributed by atoms with Gasteiger partial charge in [-0.1, -0.05) is 13.8 Å². The molecule has 21 heavy (non-hydrogen) atoms. The Kier molecular flexibility index (Phi) is 3.69. The highest BCUT2D eigenvalue weighted by Gasteiger charge is 2.32. The van der Waals surface area contributed by atoms with Crippen molar-refractivity contribution >= 4 is 11.8 Å². The maximum Gasteiger partial charge on any atom is 0.272 e. The second-order valence-electron chi connectivity index (χ2n) is 6.44. The van der Waals surface area contributed by atoms with Crippen molar-refractivity contribution < 1.29 is 9.59 Å². The number of aromatic nitrogens is 2. The minimum absolute atomic E-state index is 0.00330. The third kappa shape index (κ3) is 3.09. The van der Waals surface area contributed by atoms with Crippen LogP contribution in [0.1, 0.15) is 47.7 Å². The number of nitrogens with zero attached hydrogens (tertiary/aromatic N) is 3. The van der Waals surface area contributed by atoms with E-state index >= 15 is 0 Å². The van der Waals surface area contributed by atoms with Gasteiger partial charge in [-0.05, 0) is 24.7 Å². The van der Waals surface area contributed by atoms with Crippen molar-refractivity contribution in [3.05, 3.63) is 17.5 Å². The Morgan fingerprint density at radius 1 is 1.43 bits per heavy atom. The van der Waals surface area contributed by atoms with Gasteiger partial charge in [-0.25, -0.2) is 0 Å².